The summed E-state index contributed by atoms with van der Waals surface area (Å²) < 4.78 is 14.8. The Morgan fingerprint density at radius 2 is 2.19 bits per heavy atom. The average molecular weight is 321 g/mol. The first-order valence-corrected chi connectivity index (χ1v) is 8.10. The van der Waals surface area contributed by atoms with Crippen LogP contribution in [0.3, 0.4) is 0 Å². The second-order valence-electron chi connectivity index (χ2n) is 4.22. The van der Waals surface area contributed by atoms with Crippen molar-refractivity contribution in [1.82, 2.24) is 20.2 Å². The van der Waals surface area contributed by atoms with Gasteiger partial charge in [-0.15, -0.1) is 10.2 Å². The van der Waals surface area contributed by atoms with Crippen LogP contribution in [-0.4, -0.2) is 32.5 Å². The topological polar surface area (TPSA) is 63.6 Å². The lowest BCUT2D eigenvalue weighted by molar-refractivity contribution is 0.639. The molecular formula is C13H12FN5S2. The first-order valence-electron chi connectivity index (χ1n) is 6.30. The molecule has 2 heterocycles. The highest BCUT2D eigenvalue weighted by Crippen LogP contribution is 2.24. The normalized spacial score (nSPS) is 11.0. The summed E-state index contributed by atoms with van der Waals surface area (Å²) in [5, 5.41) is 12.5. The van der Waals surface area contributed by atoms with E-state index in [2.05, 4.69) is 25.5 Å². The maximum Gasteiger partial charge on any atom is 0.174 e. The Labute approximate surface area is 129 Å². The predicted molar refractivity (Wildman–Crippen MR) is 83.4 cm³/mol. The quantitative estimate of drug-likeness (QED) is 0.575. The molecule has 8 heteroatoms. The lowest BCUT2D eigenvalue weighted by Crippen LogP contribution is -2.07. The van der Waals surface area contributed by atoms with E-state index in [1.807, 2.05) is 6.92 Å². The van der Waals surface area contributed by atoms with Crippen LogP contribution in [0.1, 0.15) is 5.01 Å². The molecule has 0 saturated heterocycles. The Morgan fingerprint density at radius 3 is 3.00 bits per heavy atom. The molecular weight excluding hydrogens is 309 g/mol. The Bertz CT molecular complexity index is 756. The zero-order valence-electron chi connectivity index (χ0n) is 11.2. The molecule has 108 valence electrons. The molecule has 3 aromatic rings. The summed E-state index contributed by atoms with van der Waals surface area (Å²) >= 11 is 3.18. The van der Waals surface area contributed by atoms with Crippen molar-refractivity contribution in [3.8, 4) is 0 Å². The standard InChI is InChI=1S/C13H12FN5S2/c1-8-18-19-13(21-8)20-6-5-15-12-11-9(14)3-2-4-10(11)16-7-17-12/h2-4,7H,5-6H2,1H3,(H,15,16,17). The molecule has 2 aromatic heterocycles. The zero-order valence-corrected chi connectivity index (χ0v) is 12.8. The molecule has 0 amide bonds. The van der Waals surface area contributed by atoms with Crippen LogP contribution in [0.5, 0.6) is 0 Å². The fraction of sp³-hybridized carbons (Fsp3) is 0.231. The number of hydrogen-bond acceptors (Lipinski definition) is 7. The Hall–Kier alpha value is -1.80. The molecule has 0 unspecified atom stereocenters. The number of thioether (sulfide) groups is 1. The fourth-order valence-electron chi connectivity index (χ4n) is 1.85. The van der Waals surface area contributed by atoms with Crippen molar-refractivity contribution < 1.29 is 4.39 Å². The maximum atomic E-state index is 13.9. The molecule has 21 heavy (non-hydrogen) atoms. The van der Waals surface area contributed by atoms with Crippen molar-refractivity contribution in [2.45, 2.75) is 11.3 Å². The van der Waals surface area contributed by atoms with Crippen LogP contribution in [0.4, 0.5) is 10.2 Å². The monoisotopic (exact) mass is 321 g/mol. The smallest absolute Gasteiger partial charge is 0.174 e. The van der Waals surface area contributed by atoms with Crippen LogP contribution in [0.2, 0.25) is 0 Å². The second-order valence-corrected chi connectivity index (χ2v) is 6.74. The highest BCUT2D eigenvalue weighted by molar-refractivity contribution is 8.01. The van der Waals surface area contributed by atoms with Gasteiger partial charge in [0, 0.05) is 12.3 Å². The van der Waals surface area contributed by atoms with Crippen LogP contribution >= 0.6 is 23.1 Å². The van der Waals surface area contributed by atoms with E-state index < -0.39 is 0 Å². The predicted octanol–water partition coefficient (Wildman–Crippen LogP) is 3.13. The number of aromatic nitrogens is 4. The van der Waals surface area contributed by atoms with Gasteiger partial charge >= 0.3 is 0 Å². The molecule has 0 aliphatic carbocycles. The van der Waals surface area contributed by atoms with Crippen molar-refractivity contribution in [1.29, 1.82) is 0 Å². The van der Waals surface area contributed by atoms with Crippen molar-refractivity contribution in [2.24, 2.45) is 0 Å². The minimum Gasteiger partial charge on any atom is -0.369 e. The lowest BCUT2D eigenvalue weighted by Gasteiger charge is -2.07. The number of anilines is 1. The van der Waals surface area contributed by atoms with Gasteiger partial charge in [-0.25, -0.2) is 14.4 Å². The van der Waals surface area contributed by atoms with E-state index in [4.69, 9.17) is 0 Å². The largest absolute Gasteiger partial charge is 0.369 e. The van der Waals surface area contributed by atoms with Gasteiger partial charge in [-0.1, -0.05) is 29.2 Å². The Kier molecular flexibility index (Phi) is 4.26. The molecule has 1 aromatic carbocycles. The van der Waals surface area contributed by atoms with E-state index in [9.17, 15) is 4.39 Å². The number of rotatable bonds is 5. The van der Waals surface area contributed by atoms with Crippen LogP contribution in [0, 0.1) is 12.7 Å². The second kappa shape index (κ2) is 6.31. The third kappa shape index (κ3) is 3.27. The van der Waals surface area contributed by atoms with Crippen LogP contribution in [0.15, 0.2) is 28.9 Å². The van der Waals surface area contributed by atoms with Crippen LogP contribution < -0.4 is 5.32 Å². The highest BCUT2D eigenvalue weighted by atomic mass is 32.2. The third-order valence-electron chi connectivity index (χ3n) is 2.74. The van der Waals surface area contributed by atoms with E-state index in [-0.39, 0.29) is 5.82 Å². The number of hydrogen-bond donors (Lipinski definition) is 1. The minimum atomic E-state index is -0.317. The van der Waals surface area contributed by atoms with Gasteiger partial charge in [-0.2, -0.15) is 0 Å². The van der Waals surface area contributed by atoms with E-state index in [1.165, 1.54) is 12.4 Å². The molecule has 0 saturated carbocycles. The molecule has 0 fully saturated rings. The first kappa shape index (κ1) is 14.2. The summed E-state index contributed by atoms with van der Waals surface area (Å²) in [7, 11) is 0. The molecule has 3 rings (SSSR count). The van der Waals surface area contributed by atoms with Gasteiger partial charge in [0.1, 0.15) is 23.0 Å². The zero-order chi connectivity index (χ0) is 14.7. The number of nitrogens with zero attached hydrogens (tertiary/aromatic N) is 4. The summed E-state index contributed by atoms with van der Waals surface area (Å²) in [6.07, 6.45) is 1.44. The minimum absolute atomic E-state index is 0.317. The Morgan fingerprint density at radius 1 is 1.29 bits per heavy atom. The molecule has 1 N–H and O–H groups in total. The van der Waals surface area contributed by atoms with Crippen LogP contribution in [-0.2, 0) is 0 Å². The van der Waals surface area contributed by atoms with E-state index >= 15 is 0 Å². The molecule has 0 aliphatic rings. The van der Waals surface area contributed by atoms with Gasteiger partial charge < -0.3 is 5.32 Å². The summed E-state index contributed by atoms with van der Waals surface area (Å²) in [6, 6.07) is 4.82. The molecule has 0 radical (unpaired) electrons. The summed E-state index contributed by atoms with van der Waals surface area (Å²) in [5.41, 5.74) is 0.597. The molecule has 0 spiro atoms. The SMILES string of the molecule is Cc1nnc(SCCNc2ncnc3cccc(F)c23)s1. The lowest BCUT2D eigenvalue weighted by atomic mass is 10.2. The van der Waals surface area contributed by atoms with Crippen LogP contribution in [0.25, 0.3) is 10.9 Å². The van der Waals surface area contributed by atoms with E-state index in [1.54, 1.807) is 35.2 Å². The number of fused-ring (bicyclic) bond motifs is 1. The van der Waals surface area contributed by atoms with Crippen molar-refractivity contribution in [3.05, 3.63) is 35.4 Å². The summed E-state index contributed by atoms with van der Waals surface area (Å²) in [4.78, 5) is 8.19. The number of nitrogens with one attached hydrogen (secondary N) is 1. The van der Waals surface area contributed by atoms with Gasteiger partial charge in [0.15, 0.2) is 4.34 Å². The number of halogens is 1. The fourth-order valence-corrected chi connectivity index (χ4v) is 3.59. The van der Waals surface area contributed by atoms with Crippen molar-refractivity contribution >= 4 is 39.8 Å². The average Bonchev–Trinajstić information content (AvgIpc) is 2.89. The van der Waals surface area contributed by atoms with Gasteiger partial charge in [0.25, 0.3) is 0 Å². The van der Waals surface area contributed by atoms with Gasteiger partial charge in [-0.3, -0.25) is 0 Å². The van der Waals surface area contributed by atoms with Gasteiger partial charge in [0.2, 0.25) is 0 Å². The molecule has 0 atom stereocenters. The first-order chi connectivity index (χ1) is 10.2. The van der Waals surface area contributed by atoms with Crippen molar-refractivity contribution in [3.63, 3.8) is 0 Å². The Balaban J connectivity index is 1.65. The van der Waals surface area contributed by atoms with Gasteiger partial charge in [-0.05, 0) is 19.1 Å². The van der Waals surface area contributed by atoms with Gasteiger partial charge in [0.05, 0.1) is 10.9 Å². The molecule has 0 bridgehead atoms. The van der Waals surface area contributed by atoms with Crippen molar-refractivity contribution in [2.75, 3.05) is 17.6 Å². The van der Waals surface area contributed by atoms with E-state index in [0.717, 1.165) is 15.1 Å². The number of aryl methyl sites for hydroxylation is 1. The summed E-state index contributed by atoms with van der Waals surface area (Å²) in [6.45, 7) is 2.58. The third-order valence-corrected chi connectivity index (χ3v) is 4.71. The summed E-state index contributed by atoms with van der Waals surface area (Å²) in [5.74, 6) is 1.00. The maximum absolute atomic E-state index is 13.9. The molecule has 5 nitrogen and oxygen atoms in total. The molecule has 0 aliphatic heterocycles. The highest BCUT2D eigenvalue weighted by Gasteiger charge is 2.08. The van der Waals surface area contributed by atoms with E-state index in [0.29, 0.717) is 23.3 Å². The number of benzene rings is 1.